The van der Waals surface area contributed by atoms with Gasteiger partial charge in [-0.15, -0.1) is 0 Å². The second kappa shape index (κ2) is 10.5. The predicted molar refractivity (Wildman–Crippen MR) is 120 cm³/mol. The molecule has 34 heavy (non-hydrogen) atoms. The zero-order valence-electron chi connectivity index (χ0n) is 18.7. The molecule has 2 aliphatic rings. The Labute approximate surface area is 199 Å². The molecule has 3 unspecified atom stereocenters. The molecular weight excluding hydrogens is 466 g/mol. The van der Waals surface area contributed by atoms with Gasteiger partial charge in [0.25, 0.3) is 5.69 Å². The van der Waals surface area contributed by atoms with E-state index >= 15 is 0 Å². The van der Waals surface area contributed by atoms with Gasteiger partial charge in [-0.25, -0.2) is 4.79 Å². The van der Waals surface area contributed by atoms with Gasteiger partial charge >= 0.3 is 11.9 Å². The Morgan fingerprint density at radius 3 is 2.56 bits per heavy atom. The maximum atomic E-state index is 13.0. The summed E-state index contributed by atoms with van der Waals surface area (Å²) >= 11 is 1.17. The van der Waals surface area contributed by atoms with Crippen LogP contribution in [0, 0.1) is 16.0 Å². The summed E-state index contributed by atoms with van der Waals surface area (Å²) in [5, 5.41) is 14.9. The highest BCUT2D eigenvalue weighted by molar-refractivity contribution is 8.05. The molecule has 2 heterocycles. The third kappa shape index (κ3) is 5.45. The van der Waals surface area contributed by atoms with Crippen LogP contribution in [0.25, 0.3) is 0 Å². The van der Waals surface area contributed by atoms with Crippen molar-refractivity contribution in [3.63, 3.8) is 0 Å². The molecule has 1 aromatic rings. The summed E-state index contributed by atoms with van der Waals surface area (Å²) < 4.78 is 10.6. The summed E-state index contributed by atoms with van der Waals surface area (Å²) in [7, 11) is 0. The summed E-state index contributed by atoms with van der Waals surface area (Å²) in [6.07, 6.45) is 1.14. The minimum Gasteiger partial charge on any atom is -0.462 e. The number of fused-ring (bicyclic) bond motifs is 1. The van der Waals surface area contributed by atoms with E-state index < -0.39 is 28.9 Å². The van der Waals surface area contributed by atoms with Crippen molar-refractivity contribution < 1.29 is 33.6 Å². The molecule has 0 spiro atoms. The maximum Gasteiger partial charge on any atom is 0.356 e. The molecule has 0 radical (unpaired) electrons. The quantitative estimate of drug-likeness (QED) is 0.239. The number of esters is 2. The number of nitro benzene ring substituents is 1. The summed E-state index contributed by atoms with van der Waals surface area (Å²) in [6, 6.07) is 5.22. The van der Waals surface area contributed by atoms with Crippen LogP contribution >= 0.6 is 11.8 Å². The number of rotatable bonds is 9. The molecule has 1 N–H and O–H groups in total. The zero-order valence-corrected chi connectivity index (χ0v) is 19.5. The number of nitrogens with one attached hydrogen (secondary N) is 1. The Hall–Kier alpha value is -3.67. The molecule has 180 valence electrons. The van der Waals surface area contributed by atoms with E-state index in [0.29, 0.717) is 16.9 Å². The van der Waals surface area contributed by atoms with Gasteiger partial charge in [-0.3, -0.25) is 24.5 Å². The van der Waals surface area contributed by atoms with Crippen molar-refractivity contribution in [3.8, 4) is 0 Å². The summed E-state index contributed by atoms with van der Waals surface area (Å²) in [6.45, 7) is 4.12. The van der Waals surface area contributed by atoms with E-state index in [1.165, 1.54) is 61.0 Å². The van der Waals surface area contributed by atoms with Gasteiger partial charge in [0.1, 0.15) is 18.4 Å². The lowest BCUT2D eigenvalue weighted by molar-refractivity contribution is -0.384. The number of hydrogen-bond donors (Lipinski definition) is 1. The van der Waals surface area contributed by atoms with Crippen LogP contribution < -0.4 is 5.32 Å². The van der Waals surface area contributed by atoms with Gasteiger partial charge in [0.15, 0.2) is 0 Å². The Morgan fingerprint density at radius 2 is 1.97 bits per heavy atom. The lowest BCUT2D eigenvalue weighted by Gasteiger charge is -2.45. The first-order valence-electron chi connectivity index (χ1n) is 10.3. The van der Waals surface area contributed by atoms with E-state index in [2.05, 4.69) is 5.32 Å². The van der Waals surface area contributed by atoms with Gasteiger partial charge in [0, 0.05) is 43.5 Å². The van der Waals surface area contributed by atoms with Crippen molar-refractivity contribution in [3.05, 3.63) is 62.2 Å². The predicted octanol–water partition coefficient (Wildman–Crippen LogP) is 2.37. The van der Waals surface area contributed by atoms with Crippen LogP contribution in [0.15, 0.2) is 46.5 Å². The number of hydrogen-bond acceptors (Lipinski definition) is 9. The summed E-state index contributed by atoms with van der Waals surface area (Å²) in [4.78, 5) is 60.4. The van der Waals surface area contributed by atoms with Crippen molar-refractivity contribution in [2.45, 2.75) is 45.9 Å². The lowest BCUT2D eigenvalue weighted by Crippen LogP contribution is -2.62. The Balaban J connectivity index is 1.75. The minimum atomic E-state index is -0.719. The first-order chi connectivity index (χ1) is 16.1. The van der Waals surface area contributed by atoms with E-state index in [1.807, 2.05) is 0 Å². The highest BCUT2D eigenvalue weighted by atomic mass is 32.2. The number of carbonyl (C=O) groups is 4. The standard InChI is InChI=1S/C22H23N3O8S/c1-12(33-14(3)27)19-17-10-18(34-9-8-23-13(2)26)20(24(17)21(19)28)22(29)32-11-15-4-6-16(7-5-15)25(30)31/h4-9,12,17,19H,10-11H2,1-3H3,(H,23,26). The normalized spacial score (nSPS) is 20.0. The number of benzene rings is 1. The molecule has 12 heteroatoms. The third-order valence-corrected chi connectivity index (χ3v) is 6.22. The van der Waals surface area contributed by atoms with Gasteiger partial charge in [-0.2, -0.15) is 0 Å². The average molecular weight is 490 g/mol. The Kier molecular flexibility index (Phi) is 7.72. The molecule has 1 saturated heterocycles. The van der Waals surface area contributed by atoms with Crippen LogP contribution in [0.1, 0.15) is 32.8 Å². The minimum absolute atomic E-state index is 0.0832. The topological polar surface area (TPSA) is 145 Å². The molecule has 2 aliphatic heterocycles. The number of ether oxygens (including phenoxy) is 2. The number of nitrogens with zero attached hydrogens (tertiary/aromatic N) is 2. The van der Waals surface area contributed by atoms with Crippen molar-refractivity contribution in [2.75, 3.05) is 0 Å². The molecule has 1 fully saturated rings. The van der Waals surface area contributed by atoms with E-state index in [1.54, 1.807) is 12.3 Å². The number of carbonyl (C=O) groups excluding carboxylic acids is 4. The highest BCUT2D eigenvalue weighted by Crippen LogP contribution is 2.48. The lowest BCUT2D eigenvalue weighted by atomic mass is 9.83. The second-order valence-corrected chi connectivity index (χ2v) is 8.71. The van der Waals surface area contributed by atoms with E-state index in [0.717, 1.165) is 0 Å². The maximum absolute atomic E-state index is 13.0. The average Bonchev–Trinajstić information content (AvgIpc) is 3.08. The number of β-lactam (4-membered cyclic amide) rings is 1. The van der Waals surface area contributed by atoms with E-state index in [9.17, 15) is 29.3 Å². The molecule has 0 aliphatic carbocycles. The van der Waals surface area contributed by atoms with Gasteiger partial charge in [-0.1, -0.05) is 11.8 Å². The van der Waals surface area contributed by atoms with Crippen LogP contribution in [0.3, 0.4) is 0 Å². The number of amides is 2. The number of thioether (sulfide) groups is 1. The van der Waals surface area contributed by atoms with Crippen molar-refractivity contribution in [1.29, 1.82) is 0 Å². The molecule has 0 saturated carbocycles. The van der Waals surface area contributed by atoms with Gasteiger partial charge < -0.3 is 19.7 Å². The first-order valence-corrected chi connectivity index (χ1v) is 11.2. The number of nitro groups is 1. The van der Waals surface area contributed by atoms with Crippen LogP contribution in [-0.2, 0) is 35.3 Å². The highest BCUT2D eigenvalue weighted by Gasteiger charge is 2.58. The monoisotopic (exact) mass is 489 g/mol. The Bertz CT molecular complexity index is 1080. The van der Waals surface area contributed by atoms with Gasteiger partial charge in [0.2, 0.25) is 11.8 Å². The summed E-state index contributed by atoms with van der Waals surface area (Å²) in [5.41, 5.74) is 0.561. The van der Waals surface area contributed by atoms with Gasteiger partial charge in [0.05, 0.1) is 16.9 Å². The molecular formula is C22H23N3O8S. The van der Waals surface area contributed by atoms with Crippen LogP contribution in [0.2, 0.25) is 0 Å². The van der Waals surface area contributed by atoms with E-state index in [4.69, 9.17) is 9.47 Å². The van der Waals surface area contributed by atoms with Crippen LogP contribution in [0.4, 0.5) is 5.69 Å². The number of non-ortho nitro benzene ring substituents is 1. The van der Waals surface area contributed by atoms with Crippen LogP contribution in [-0.4, -0.2) is 45.7 Å². The van der Waals surface area contributed by atoms with E-state index in [-0.39, 0.29) is 35.8 Å². The first kappa shape index (κ1) is 25.0. The van der Waals surface area contributed by atoms with Crippen molar-refractivity contribution in [1.82, 2.24) is 10.2 Å². The molecule has 3 rings (SSSR count). The Morgan fingerprint density at radius 1 is 1.29 bits per heavy atom. The second-order valence-electron chi connectivity index (χ2n) is 7.71. The third-order valence-electron chi connectivity index (χ3n) is 5.30. The largest absolute Gasteiger partial charge is 0.462 e. The SMILES string of the molecule is CC(=O)NC=CSC1=C(C(=O)OCc2ccc([N+](=O)[O-])cc2)N2C(=O)C(C(C)OC(C)=O)C2C1. The smallest absolute Gasteiger partial charge is 0.356 e. The van der Waals surface area contributed by atoms with Crippen molar-refractivity contribution in [2.24, 2.45) is 5.92 Å². The molecule has 1 aromatic carbocycles. The zero-order chi connectivity index (χ0) is 25.0. The van der Waals surface area contributed by atoms with Gasteiger partial charge in [-0.05, 0) is 30.0 Å². The molecule has 3 atom stereocenters. The molecule has 11 nitrogen and oxygen atoms in total. The molecule has 0 bridgehead atoms. The fourth-order valence-electron chi connectivity index (χ4n) is 3.85. The molecule has 0 aromatic heterocycles. The van der Waals surface area contributed by atoms with Crippen LogP contribution in [0.5, 0.6) is 0 Å². The van der Waals surface area contributed by atoms with Crippen molar-refractivity contribution >= 4 is 41.2 Å². The fourth-order valence-corrected chi connectivity index (χ4v) is 4.71. The molecule has 2 amide bonds. The summed E-state index contributed by atoms with van der Waals surface area (Å²) in [5.74, 6) is -2.40. The fraction of sp³-hybridized carbons (Fsp3) is 0.364.